The maximum Gasteiger partial charge on any atom is 0.203 e. The summed E-state index contributed by atoms with van der Waals surface area (Å²) in [6.45, 7) is 3.50. The highest BCUT2D eigenvalue weighted by atomic mass is 15.2. The molecular weight excluding hydrogens is 246 g/mol. The molecule has 3 rings (SSSR count). The first-order valence-corrected chi connectivity index (χ1v) is 8.59. The average molecular weight is 275 g/mol. The second kappa shape index (κ2) is 6.64. The highest BCUT2D eigenvalue weighted by molar-refractivity contribution is 5.27. The van der Waals surface area contributed by atoms with Crippen molar-refractivity contribution < 1.29 is 0 Å². The molecule has 2 fully saturated rings. The summed E-state index contributed by atoms with van der Waals surface area (Å²) in [5.41, 5.74) is 0. The first kappa shape index (κ1) is 14.0. The van der Waals surface area contributed by atoms with Crippen molar-refractivity contribution in [2.24, 2.45) is 11.8 Å². The van der Waals surface area contributed by atoms with Crippen molar-refractivity contribution in [1.82, 2.24) is 9.55 Å². The zero-order valence-corrected chi connectivity index (χ0v) is 12.9. The molecular formula is C17H29N3. The van der Waals surface area contributed by atoms with Crippen LogP contribution in [0.1, 0.15) is 70.8 Å². The third kappa shape index (κ3) is 3.36. The Kier molecular flexibility index (Phi) is 4.64. The van der Waals surface area contributed by atoms with Crippen molar-refractivity contribution >= 4 is 5.95 Å². The summed E-state index contributed by atoms with van der Waals surface area (Å²) >= 11 is 0. The fourth-order valence-corrected chi connectivity index (χ4v) is 3.87. The number of anilines is 1. The summed E-state index contributed by atoms with van der Waals surface area (Å²) in [5.74, 6) is 2.90. The molecule has 3 nitrogen and oxygen atoms in total. The number of aromatic nitrogens is 2. The van der Waals surface area contributed by atoms with Gasteiger partial charge in [0.05, 0.1) is 0 Å². The molecule has 2 aliphatic rings. The van der Waals surface area contributed by atoms with Crippen molar-refractivity contribution in [1.29, 1.82) is 0 Å². The minimum Gasteiger partial charge on any atom is -0.355 e. The molecule has 0 spiro atoms. The Balaban J connectivity index is 1.54. The van der Waals surface area contributed by atoms with Crippen molar-refractivity contribution in [2.45, 2.75) is 70.8 Å². The van der Waals surface area contributed by atoms with Crippen LogP contribution < -0.4 is 5.32 Å². The van der Waals surface area contributed by atoms with Crippen LogP contribution in [-0.2, 0) is 0 Å². The number of nitrogens with zero attached hydrogens (tertiary/aromatic N) is 2. The highest BCUT2D eigenvalue weighted by Crippen LogP contribution is 2.31. The SMILES string of the molecule is CC1CCC(CNc2nccn2C2CCCCC2)CC1. The number of hydrogen-bond donors (Lipinski definition) is 1. The van der Waals surface area contributed by atoms with E-state index < -0.39 is 0 Å². The number of rotatable bonds is 4. The number of nitrogens with one attached hydrogen (secondary N) is 1. The molecule has 1 N–H and O–H groups in total. The zero-order chi connectivity index (χ0) is 13.8. The normalized spacial score (nSPS) is 28.4. The van der Waals surface area contributed by atoms with Gasteiger partial charge < -0.3 is 9.88 Å². The van der Waals surface area contributed by atoms with Gasteiger partial charge in [0.2, 0.25) is 5.95 Å². The van der Waals surface area contributed by atoms with Gasteiger partial charge in [-0.25, -0.2) is 4.98 Å². The van der Waals surface area contributed by atoms with Gasteiger partial charge in [-0.15, -0.1) is 0 Å². The van der Waals surface area contributed by atoms with Crippen LogP contribution in [0.4, 0.5) is 5.95 Å². The molecule has 112 valence electrons. The average Bonchev–Trinajstić information content (AvgIpc) is 2.96. The molecule has 2 aliphatic carbocycles. The van der Waals surface area contributed by atoms with E-state index in [0.717, 1.165) is 24.3 Å². The third-order valence-corrected chi connectivity index (χ3v) is 5.32. The van der Waals surface area contributed by atoms with Gasteiger partial charge in [0, 0.05) is 25.0 Å². The van der Waals surface area contributed by atoms with Crippen molar-refractivity contribution in [3.05, 3.63) is 12.4 Å². The van der Waals surface area contributed by atoms with Gasteiger partial charge in [0.1, 0.15) is 0 Å². The fraction of sp³-hybridized carbons (Fsp3) is 0.824. The quantitative estimate of drug-likeness (QED) is 0.868. The molecule has 0 radical (unpaired) electrons. The molecule has 2 saturated carbocycles. The highest BCUT2D eigenvalue weighted by Gasteiger charge is 2.20. The lowest BCUT2D eigenvalue weighted by molar-refractivity contribution is 0.299. The minimum atomic E-state index is 0.681. The van der Waals surface area contributed by atoms with E-state index in [-0.39, 0.29) is 0 Å². The van der Waals surface area contributed by atoms with Gasteiger partial charge in [-0.3, -0.25) is 0 Å². The standard InChI is InChI=1S/C17H29N3/c1-14-7-9-15(10-8-14)13-19-17-18-11-12-20(17)16-5-3-2-4-6-16/h11-12,14-16H,2-10,13H2,1H3,(H,18,19). The van der Waals surface area contributed by atoms with E-state index in [4.69, 9.17) is 0 Å². The monoisotopic (exact) mass is 275 g/mol. The van der Waals surface area contributed by atoms with E-state index in [1.807, 2.05) is 6.20 Å². The molecule has 0 unspecified atom stereocenters. The summed E-state index contributed by atoms with van der Waals surface area (Å²) in [6.07, 6.45) is 16.5. The lowest BCUT2D eigenvalue weighted by Gasteiger charge is -2.28. The van der Waals surface area contributed by atoms with Crippen LogP contribution in [0, 0.1) is 11.8 Å². The zero-order valence-electron chi connectivity index (χ0n) is 12.9. The molecule has 1 aromatic heterocycles. The Bertz CT molecular complexity index is 398. The first-order valence-electron chi connectivity index (χ1n) is 8.59. The van der Waals surface area contributed by atoms with E-state index in [2.05, 4.69) is 28.0 Å². The van der Waals surface area contributed by atoms with Crippen LogP contribution in [-0.4, -0.2) is 16.1 Å². The summed E-state index contributed by atoms with van der Waals surface area (Å²) in [7, 11) is 0. The van der Waals surface area contributed by atoms with E-state index in [1.165, 1.54) is 57.8 Å². The van der Waals surface area contributed by atoms with E-state index in [9.17, 15) is 0 Å². The molecule has 0 bridgehead atoms. The largest absolute Gasteiger partial charge is 0.355 e. The molecule has 0 amide bonds. The summed E-state index contributed by atoms with van der Waals surface area (Å²) in [6, 6.07) is 0.681. The van der Waals surface area contributed by atoms with E-state index >= 15 is 0 Å². The predicted octanol–water partition coefficient (Wildman–Crippen LogP) is 4.63. The third-order valence-electron chi connectivity index (χ3n) is 5.32. The Morgan fingerprint density at radius 2 is 1.85 bits per heavy atom. The molecule has 20 heavy (non-hydrogen) atoms. The van der Waals surface area contributed by atoms with Crippen LogP contribution in [0.15, 0.2) is 12.4 Å². The second-order valence-corrected chi connectivity index (χ2v) is 6.96. The Morgan fingerprint density at radius 3 is 2.60 bits per heavy atom. The van der Waals surface area contributed by atoms with Gasteiger partial charge in [-0.2, -0.15) is 0 Å². The molecule has 1 aromatic rings. The van der Waals surface area contributed by atoms with Crippen molar-refractivity contribution in [2.75, 3.05) is 11.9 Å². The first-order chi connectivity index (χ1) is 9.83. The van der Waals surface area contributed by atoms with Crippen LogP contribution in [0.3, 0.4) is 0 Å². The fourth-order valence-electron chi connectivity index (χ4n) is 3.87. The summed E-state index contributed by atoms with van der Waals surface area (Å²) in [5, 5.41) is 3.63. The molecule has 0 aliphatic heterocycles. The molecule has 1 heterocycles. The maximum atomic E-state index is 4.54. The van der Waals surface area contributed by atoms with Gasteiger partial charge in [0.25, 0.3) is 0 Å². The van der Waals surface area contributed by atoms with Gasteiger partial charge in [0.15, 0.2) is 0 Å². The Labute approximate surface area is 123 Å². The van der Waals surface area contributed by atoms with Crippen LogP contribution in [0.2, 0.25) is 0 Å². The molecule has 0 aromatic carbocycles. The Hall–Kier alpha value is -0.990. The predicted molar refractivity (Wildman–Crippen MR) is 84.0 cm³/mol. The smallest absolute Gasteiger partial charge is 0.203 e. The lowest BCUT2D eigenvalue weighted by Crippen LogP contribution is -2.22. The van der Waals surface area contributed by atoms with E-state index in [1.54, 1.807) is 0 Å². The molecule has 0 saturated heterocycles. The van der Waals surface area contributed by atoms with Gasteiger partial charge >= 0.3 is 0 Å². The minimum absolute atomic E-state index is 0.681. The molecule has 3 heteroatoms. The Morgan fingerprint density at radius 1 is 1.10 bits per heavy atom. The van der Waals surface area contributed by atoms with Gasteiger partial charge in [-0.05, 0) is 37.5 Å². The second-order valence-electron chi connectivity index (χ2n) is 6.96. The maximum absolute atomic E-state index is 4.54. The topological polar surface area (TPSA) is 29.9 Å². The van der Waals surface area contributed by atoms with Crippen molar-refractivity contribution in [3.8, 4) is 0 Å². The van der Waals surface area contributed by atoms with Crippen LogP contribution in [0.5, 0.6) is 0 Å². The number of imidazole rings is 1. The van der Waals surface area contributed by atoms with Crippen LogP contribution >= 0.6 is 0 Å². The van der Waals surface area contributed by atoms with Gasteiger partial charge in [-0.1, -0.05) is 39.0 Å². The number of hydrogen-bond acceptors (Lipinski definition) is 2. The van der Waals surface area contributed by atoms with E-state index in [0.29, 0.717) is 6.04 Å². The molecule has 0 atom stereocenters. The summed E-state index contributed by atoms with van der Waals surface area (Å²) < 4.78 is 2.39. The van der Waals surface area contributed by atoms with Crippen molar-refractivity contribution in [3.63, 3.8) is 0 Å². The van der Waals surface area contributed by atoms with Crippen LogP contribution in [0.25, 0.3) is 0 Å². The summed E-state index contributed by atoms with van der Waals surface area (Å²) in [4.78, 5) is 4.54. The lowest BCUT2D eigenvalue weighted by atomic mass is 9.83.